The number of benzene rings is 1. The van der Waals surface area contributed by atoms with Gasteiger partial charge in [-0.15, -0.1) is 0 Å². The molecule has 7 rings (SSSR count). The van der Waals surface area contributed by atoms with Crippen LogP contribution in [0.15, 0.2) is 30.3 Å². The van der Waals surface area contributed by atoms with Crippen molar-refractivity contribution in [3.05, 3.63) is 35.9 Å². The van der Waals surface area contributed by atoms with Gasteiger partial charge in [0.15, 0.2) is 12.6 Å². The zero-order valence-electron chi connectivity index (χ0n) is 35.3. The SMILES string of the molecule is CO[C@H]1C[C@H](O[C@H]2CC[C@@]3(C)[C@@H](CC[C@]4(O)[C@@H]3C[C@@H](OC(C)=O)[C@@]3(C)[C@]4(O)CC[C@]3(O)[C@H](C)OC(=O)c3ccccc3)C2)O[C@H](C)[C@H]1O[C@H]1C[C@@H](OC)[C@H](O)[C@@H](C)O1. The third-order valence-corrected chi connectivity index (χ3v) is 16.0. The van der Waals surface area contributed by atoms with Gasteiger partial charge in [-0.05, 0) is 102 Å². The van der Waals surface area contributed by atoms with Crippen LogP contribution in [0.3, 0.4) is 0 Å². The molecular formula is C44H66O14. The number of rotatable bonds is 10. The number of esters is 2. The fourth-order valence-corrected chi connectivity index (χ4v) is 12.5. The Balaban J connectivity index is 1.05. The first-order valence-electron chi connectivity index (χ1n) is 21.3. The monoisotopic (exact) mass is 818 g/mol. The molecule has 2 saturated heterocycles. The van der Waals surface area contributed by atoms with E-state index >= 15 is 0 Å². The first-order chi connectivity index (χ1) is 27.3. The van der Waals surface area contributed by atoms with Gasteiger partial charge in [-0.3, -0.25) is 4.79 Å². The summed E-state index contributed by atoms with van der Waals surface area (Å²) in [4.78, 5) is 26.0. The minimum absolute atomic E-state index is 0.0316. The molecule has 326 valence electrons. The van der Waals surface area contributed by atoms with E-state index in [2.05, 4.69) is 6.92 Å². The van der Waals surface area contributed by atoms with E-state index in [9.17, 15) is 30.0 Å². The number of aliphatic hydroxyl groups is 4. The molecule has 4 saturated carbocycles. The lowest BCUT2D eigenvalue weighted by molar-refractivity contribution is -0.344. The Morgan fingerprint density at radius 1 is 0.828 bits per heavy atom. The molecule has 6 fully saturated rings. The van der Waals surface area contributed by atoms with E-state index in [0.717, 1.165) is 0 Å². The lowest BCUT2D eigenvalue weighted by Crippen LogP contribution is -2.79. The Morgan fingerprint density at radius 3 is 2.16 bits per heavy atom. The third kappa shape index (κ3) is 7.04. The molecule has 18 atom stereocenters. The number of fused-ring (bicyclic) bond motifs is 5. The maximum absolute atomic E-state index is 13.2. The number of ether oxygens (including phenoxy) is 8. The van der Waals surface area contributed by atoms with Crippen molar-refractivity contribution in [2.24, 2.45) is 22.7 Å². The zero-order chi connectivity index (χ0) is 42.0. The maximum Gasteiger partial charge on any atom is 0.338 e. The van der Waals surface area contributed by atoms with Crippen molar-refractivity contribution in [1.82, 2.24) is 0 Å². The molecule has 0 aromatic heterocycles. The van der Waals surface area contributed by atoms with Gasteiger partial charge < -0.3 is 58.3 Å². The molecule has 1 aromatic rings. The molecular weight excluding hydrogens is 752 g/mol. The quantitative estimate of drug-likeness (QED) is 0.194. The van der Waals surface area contributed by atoms with E-state index in [1.54, 1.807) is 65.3 Å². The van der Waals surface area contributed by atoms with Crippen LogP contribution in [0.2, 0.25) is 0 Å². The summed E-state index contributed by atoms with van der Waals surface area (Å²) >= 11 is 0. The van der Waals surface area contributed by atoms with Crippen LogP contribution < -0.4 is 0 Å². The second-order valence-electron chi connectivity index (χ2n) is 18.6. The van der Waals surface area contributed by atoms with E-state index < -0.39 is 94.7 Å². The molecule has 4 N–H and O–H groups in total. The Labute approximate surface area is 342 Å². The number of methoxy groups -OCH3 is 2. The molecule has 6 aliphatic rings. The van der Waals surface area contributed by atoms with E-state index in [1.807, 2.05) is 6.92 Å². The number of carbonyl (C=O) groups is 2. The minimum Gasteiger partial charge on any atom is -0.462 e. The molecule has 0 spiro atoms. The van der Waals surface area contributed by atoms with E-state index in [-0.39, 0.29) is 49.9 Å². The zero-order valence-corrected chi connectivity index (χ0v) is 35.3. The van der Waals surface area contributed by atoms with Crippen LogP contribution in [-0.4, -0.2) is 131 Å². The van der Waals surface area contributed by atoms with Gasteiger partial charge in [-0.2, -0.15) is 0 Å². The lowest BCUT2D eigenvalue weighted by Gasteiger charge is -2.69. The van der Waals surface area contributed by atoms with Crippen molar-refractivity contribution in [3.63, 3.8) is 0 Å². The van der Waals surface area contributed by atoms with Gasteiger partial charge in [0.25, 0.3) is 0 Å². The van der Waals surface area contributed by atoms with Gasteiger partial charge in [0.1, 0.15) is 35.6 Å². The van der Waals surface area contributed by atoms with Gasteiger partial charge >= 0.3 is 11.9 Å². The normalized spacial score (nSPS) is 48.2. The largest absolute Gasteiger partial charge is 0.462 e. The van der Waals surface area contributed by atoms with Crippen LogP contribution in [0.4, 0.5) is 0 Å². The van der Waals surface area contributed by atoms with Crippen molar-refractivity contribution in [2.75, 3.05) is 14.2 Å². The second-order valence-corrected chi connectivity index (χ2v) is 18.6. The molecule has 0 radical (unpaired) electrons. The summed E-state index contributed by atoms with van der Waals surface area (Å²) in [6, 6.07) is 8.50. The molecule has 2 aliphatic heterocycles. The summed E-state index contributed by atoms with van der Waals surface area (Å²) in [6.07, 6.45) is -1.96. The van der Waals surface area contributed by atoms with Gasteiger partial charge in [0.2, 0.25) is 0 Å². The van der Waals surface area contributed by atoms with Crippen molar-refractivity contribution < 1.29 is 67.9 Å². The summed E-state index contributed by atoms with van der Waals surface area (Å²) < 4.78 is 48.8. The summed E-state index contributed by atoms with van der Waals surface area (Å²) in [7, 11) is 3.21. The molecule has 4 aliphatic carbocycles. The molecule has 0 unspecified atom stereocenters. The lowest BCUT2D eigenvalue weighted by atomic mass is 9.40. The standard InChI is InChI=1S/C44H66O14/c1-24-37(46)31(51-7)21-36(53-24)58-38-25(2)54-35(22-32(38)52-8)57-30-15-16-40(5)29(20-30)14-17-43(49)33(40)23-34(56-27(4)45)41(6)42(48,18-19-44(41,43)50)26(3)55-39(47)28-12-10-9-11-13-28/h9-13,24-26,29-38,46,48-50H,14-23H2,1-8H3/t24-,25-,26+,29+,30+,31-,32+,33-,34-,35+,36+,37-,38-,40+,41-,42+,43+,44-/m1/s1. The maximum atomic E-state index is 13.2. The van der Waals surface area contributed by atoms with Crippen LogP contribution in [0.1, 0.15) is 116 Å². The Bertz CT molecular complexity index is 1630. The summed E-state index contributed by atoms with van der Waals surface area (Å²) in [5.74, 6) is -1.51. The van der Waals surface area contributed by atoms with Gasteiger partial charge in [-0.1, -0.05) is 32.0 Å². The number of aliphatic hydroxyl groups excluding tert-OH is 1. The first-order valence-corrected chi connectivity index (χ1v) is 21.3. The average Bonchev–Trinajstić information content (AvgIpc) is 3.42. The Kier molecular flexibility index (Phi) is 12.3. The fraction of sp³-hybridized carbons (Fsp3) is 0.818. The summed E-state index contributed by atoms with van der Waals surface area (Å²) in [5.41, 5.74) is -7.00. The molecule has 14 heteroatoms. The second kappa shape index (κ2) is 16.2. The highest BCUT2D eigenvalue weighted by atomic mass is 16.7. The molecule has 2 heterocycles. The Hall–Kier alpha value is -2.24. The number of carbonyl (C=O) groups excluding carboxylic acids is 2. The Morgan fingerprint density at radius 2 is 1.48 bits per heavy atom. The smallest absolute Gasteiger partial charge is 0.338 e. The predicted octanol–water partition coefficient (Wildman–Crippen LogP) is 4.21. The van der Waals surface area contributed by atoms with Crippen molar-refractivity contribution in [3.8, 4) is 0 Å². The predicted molar refractivity (Wildman–Crippen MR) is 207 cm³/mol. The van der Waals surface area contributed by atoms with Gasteiger partial charge in [-0.25, -0.2) is 4.79 Å². The van der Waals surface area contributed by atoms with Crippen molar-refractivity contribution >= 4 is 11.9 Å². The van der Waals surface area contributed by atoms with Crippen LogP contribution in [0.25, 0.3) is 0 Å². The highest BCUT2D eigenvalue weighted by molar-refractivity contribution is 5.89. The highest BCUT2D eigenvalue weighted by Gasteiger charge is 2.82. The molecule has 1 aromatic carbocycles. The first kappa shape index (κ1) is 43.8. The van der Waals surface area contributed by atoms with E-state index in [1.165, 1.54) is 6.92 Å². The van der Waals surface area contributed by atoms with E-state index in [0.29, 0.717) is 44.1 Å². The third-order valence-electron chi connectivity index (χ3n) is 16.0. The highest BCUT2D eigenvalue weighted by Crippen LogP contribution is 2.72. The average molecular weight is 819 g/mol. The van der Waals surface area contributed by atoms with Crippen LogP contribution in [0.5, 0.6) is 0 Å². The fourth-order valence-electron chi connectivity index (χ4n) is 12.5. The van der Waals surface area contributed by atoms with E-state index in [4.69, 9.17) is 37.9 Å². The van der Waals surface area contributed by atoms with Gasteiger partial charge in [0, 0.05) is 34.0 Å². The van der Waals surface area contributed by atoms with Crippen LogP contribution in [0, 0.1) is 22.7 Å². The number of hydrogen-bond donors (Lipinski definition) is 4. The topological polar surface area (TPSA) is 189 Å². The van der Waals surface area contributed by atoms with Crippen LogP contribution in [-0.2, 0) is 42.7 Å². The molecule has 58 heavy (non-hydrogen) atoms. The number of hydrogen-bond acceptors (Lipinski definition) is 14. The molecule has 14 nitrogen and oxygen atoms in total. The van der Waals surface area contributed by atoms with Gasteiger partial charge in [0.05, 0.1) is 47.1 Å². The molecule has 0 bridgehead atoms. The van der Waals surface area contributed by atoms with Crippen molar-refractivity contribution in [2.45, 2.75) is 190 Å². The summed E-state index contributed by atoms with van der Waals surface area (Å²) in [5, 5.41) is 49.1. The minimum atomic E-state index is -1.86. The molecule has 0 amide bonds. The summed E-state index contributed by atoms with van der Waals surface area (Å²) in [6.45, 7) is 10.5. The van der Waals surface area contributed by atoms with Crippen molar-refractivity contribution in [1.29, 1.82) is 0 Å². The van der Waals surface area contributed by atoms with Crippen LogP contribution >= 0.6 is 0 Å².